The van der Waals surface area contributed by atoms with Crippen LogP contribution in [0.1, 0.15) is 18.1 Å². The minimum Gasteiger partial charge on any atom is -0.313 e. The van der Waals surface area contributed by atoms with Crippen LogP contribution >= 0.6 is 0 Å². The van der Waals surface area contributed by atoms with Gasteiger partial charge in [0.1, 0.15) is 0 Å². The maximum absolute atomic E-state index is 12.8. The summed E-state index contributed by atoms with van der Waals surface area (Å²) < 4.78 is 26.9. The Kier molecular flexibility index (Phi) is 6.81. The van der Waals surface area contributed by atoms with Crippen LogP contribution in [0.4, 0.5) is 0 Å². The van der Waals surface area contributed by atoms with Gasteiger partial charge >= 0.3 is 0 Å². The van der Waals surface area contributed by atoms with Crippen molar-refractivity contribution in [2.45, 2.75) is 25.3 Å². The third kappa shape index (κ3) is 4.27. The molecule has 1 aromatic carbocycles. The summed E-state index contributed by atoms with van der Waals surface area (Å²) in [5.74, 6) is 0. The monoisotopic (exact) mass is 308 g/mol. The van der Waals surface area contributed by atoms with Gasteiger partial charge in [-0.25, -0.2) is 8.42 Å². The second-order valence-electron chi connectivity index (χ2n) is 4.72. The Morgan fingerprint density at radius 3 is 2.38 bits per heavy atom. The summed E-state index contributed by atoms with van der Waals surface area (Å²) in [5, 5.41) is 3.22. The quantitative estimate of drug-likeness (QED) is 0.713. The van der Waals surface area contributed by atoms with Crippen LogP contribution in [0, 0.1) is 6.92 Å². The molecule has 0 aromatic heterocycles. The largest absolute Gasteiger partial charge is 0.313 e. The summed E-state index contributed by atoms with van der Waals surface area (Å²) in [5.41, 5.74) is 1.78. The molecule has 0 fully saturated rings. The molecular weight excluding hydrogens is 284 g/mol. The van der Waals surface area contributed by atoms with Crippen LogP contribution in [0.2, 0.25) is 0 Å². The van der Waals surface area contributed by atoms with Crippen molar-refractivity contribution in [1.82, 2.24) is 9.62 Å². The van der Waals surface area contributed by atoms with E-state index < -0.39 is 10.0 Å². The minimum absolute atomic E-state index is 0.269. The van der Waals surface area contributed by atoms with Crippen LogP contribution in [0.15, 0.2) is 48.4 Å². The summed E-state index contributed by atoms with van der Waals surface area (Å²) >= 11 is 0. The van der Waals surface area contributed by atoms with Gasteiger partial charge in [0.15, 0.2) is 0 Å². The molecule has 0 aliphatic rings. The summed E-state index contributed by atoms with van der Waals surface area (Å²) in [4.78, 5) is 0.349. The zero-order chi connectivity index (χ0) is 15.9. The maximum atomic E-state index is 12.8. The average Bonchev–Trinajstić information content (AvgIpc) is 2.45. The molecule has 0 aliphatic carbocycles. The number of rotatable bonds is 9. The van der Waals surface area contributed by atoms with E-state index in [0.717, 1.165) is 17.7 Å². The lowest BCUT2D eigenvalue weighted by atomic mass is 10.1. The standard InChI is InChI=1S/C16H24N2O2S/c1-5-11-18(12-6-2)21(19,20)16-10-8-9-15(14(16)4)13-17-7-3/h5-6,8-10,17H,1-2,7,11-13H2,3-4H3. The molecule has 0 aliphatic heterocycles. The van der Waals surface area contributed by atoms with Crippen LogP contribution in [-0.2, 0) is 16.6 Å². The van der Waals surface area contributed by atoms with E-state index in [4.69, 9.17) is 0 Å². The highest BCUT2D eigenvalue weighted by Crippen LogP contribution is 2.22. The van der Waals surface area contributed by atoms with E-state index in [-0.39, 0.29) is 13.1 Å². The van der Waals surface area contributed by atoms with E-state index in [1.54, 1.807) is 24.3 Å². The van der Waals surface area contributed by atoms with Gasteiger partial charge in [0.2, 0.25) is 10.0 Å². The number of nitrogens with zero attached hydrogens (tertiary/aromatic N) is 1. The lowest BCUT2D eigenvalue weighted by molar-refractivity contribution is 0.473. The van der Waals surface area contributed by atoms with Crippen molar-refractivity contribution in [1.29, 1.82) is 0 Å². The second kappa shape index (κ2) is 8.12. The lowest BCUT2D eigenvalue weighted by Crippen LogP contribution is -2.32. The fourth-order valence-electron chi connectivity index (χ4n) is 2.09. The molecule has 116 valence electrons. The van der Waals surface area contributed by atoms with Crippen LogP contribution < -0.4 is 5.32 Å². The van der Waals surface area contributed by atoms with E-state index in [0.29, 0.717) is 11.4 Å². The topological polar surface area (TPSA) is 49.4 Å². The average molecular weight is 308 g/mol. The van der Waals surface area contributed by atoms with Gasteiger partial charge in [-0.3, -0.25) is 0 Å². The molecule has 0 amide bonds. The van der Waals surface area contributed by atoms with Crippen LogP contribution in [0.5, 0.6) is 0 Å². The van der Waals surface area contributed by atoms with Crippen molar-refractivity contribution in [3.05, 3.63) is 54.6 Å². The van der Waals surface area contributed by atoms with Crippen molar-refractivity contribution >= 4 is 10.0 Å². The Labute approximate surface area is 128 Å². The lowest BCUT2D eigenvalue weighted by Gasteiger charge is -2.21. The maximum Gasteiger partial charge on any atom is 0.243 e. The summed E-state index contributed by atoms with van der Waals surface area (Å²) in [7, 11) is -3.54. The Morgan fingerprint density at radius 1 is 1.24 bits per heavy atom. The van der Waals surface area contributed by atoms with E-state index in [1.165, 1.54) is 4.31 Å². The van der Waals surface area contributed by atoms with Gasteiger partial charge in [-0.1, -0.05) is 31.2 Å². The molecule has 0 spiro atoms. The van der Waals surface area contributed by atoms with E-state index in [1.807, 2.05) is 19.9 Å². The van der Waals surface area contributed by atoms with E-state index in [2.05, 4.69) is 18.5 Å². The highest BCUT2D eigenvalue weighted by atomic mass is 32.2. The molecule has 0 heterocycles. The molecule has 1 rings (SSSR count). The Balaban J connectivity index is 3.23. The Bertz CT molecular complexity index is 584. The first-order chi connectivity index (χ1) is 9.98. The van der Waals surface area contributed by atoms with Crippen molar-refractivity contribution in [2.75, 3.05) is 19.6 Å². The number of hydrogen-bond acceptors (Lipinski definition) is 3. The van der Waals surface area contributed by atoms with Crippen molar-refractivity contribution in [2.24, 2.45) is 0 Å². The zero-order valence-corrected chi connectivity index (χ0v) is 13.6. The molecule has 1 aromatic rings. The molecule has 4 nitrogen and oxygen atoms in total. The number of benzene rings is 1. The third-order valence-corrected chi connectivity index (χ3v) is 5.22. The fourth-order valence-corrected chi connectivity index (χ4v) is 3.74. The first kappa shape index (κ1) is 17.6. The van der Waals surface area contributed by atoms with E-state index >= 15 is 0 Å². The number of sulfonamides is 1. The summed E-state index contributed by atoms with van der Waals surface area (Å²) in [6, 6.07) is 5.38. The number of hydrogen-bond donors (Lipinski definition) is 1. The zero-order valence-electron chi connectivity index (χ0n) is 12.8. The summed E-state index contributed by atoms with van der Waals surface area (Å²) in [6.07, 6.45) is 3.16. The SMILES string of the molecule is C=CCN(CC=C)S(=O)(=O)c1cccc(CNCC)c1C. The Hall–Kier alpha value is -1.43. The van der Waals surface area contributed by atoms with Gasteiger partial charge < -0.3 is 5.32 Å². The van der Waals surface area contributed by atoms with Crippen LogP contribution in [0.25, 0.3) is 0 Å². The van der Waals surface area contributed by atoms with Crippen LogP contribution in [0.3, 0.4) is 0 Å². The van der Waals surface area contributed by atoms with Gasteiger partial charge in [0.05, 0.1) is 4.90 Å². The van der Waals surface area contributed by atoms with Gasteiger partial charge in [-0.15, -0.1) is 13.2 Å². The molecule has 21 heavy (non-hydrogen) atoms. The van der Waals surface area contributed by atoms with Crippen LogP contribution in [-0.4, -0.2) is 32.4 Å². The first-order valence-corrected chi connectivity index (χ1v) is 8.44. The second-order valence-corrected chi connectivity index (χ2v) is 6.63. The van der Waals surface area contributed by atoms with Gasteiger partial charge in [0, 0.05) is 19.6 Å². The highest BCUT2D eigenvalue weighted by Gasteiger charge is 2.24. The first-order valence-electron chi connectivity index (χ1n) is 7.00. The van der Waals surface area contributed by atoms with E-state index in [9.17, 15) is 8.42 Å². The minimum atomic E-state index is -3.54. The van der Waals surface area contributed by atoms with Crippen molar-refractivity contribution in [3.8, 4) is 0 Å². The predicted molar refractivity (Wildman–Crippen MR) is 87.7 cm³/mol. The molecule has 0 atom stereocenters. The van der Waals surface area contributed by atoms with Crippen molar-refractivity contribution < 1.29 is 8.42 Å². The molecule has 1 N–H and O–H groups in total. The highest BCUT2D eigenvalue weighted by molar-refractivity contribution is 7.89. The van der Waals surface area contributed by atoms with Gasteiger partial charge in [-0.2, -0.15) is 4.31 Å². The molecule has 0 radical (unpaired) electrons. The molecule has 0 saturated heterocycles. The number of nitrogens with one attached hydrogen (secondary N) is 1. The molecule has 0 saturated carbocycles. The molecule has 0 bridgehead atoms. The van der Waals surface area contributed by atoms with Crippen molar-refractivity contribution in [3.63, 3.8) is 0 Å². The Morgan fingerprint density at radius 2 is 1.86 bits per heavy atom. The molecule has 5 heteroatoms. The molecular formula is C16H24N2O2S. The van der Waals surface area contributed by atoms with Gasteiger partial charge in [-0.05, 0) is 30.7 Å². The van der Waals surface area contributed by atoms with Gasteiger partial charge in [0.25, 0.3) is 0 Å². The summed E-state index contributed by atoms with van der Waals surface area (Å²) in [6.45, 7) is 13.1. The normalized spacial score (nSPS) is 11.6. The predicted octanol–water partition coefficient (Wildman–Crippen LogP) is 2.47. The smallest absolute Gasteiger partial charge is 0.243 e. The molecule has 0 unspecified atom stereocenters. The third-order valence-electron chi connectivity index (χ3n) is 3.25. The fraction of sp³-hybridized carbons (Fsp3) is 0.375.